The van der Waals surface area contributed by atoms with Gasteiger partial charge in [0.05, 0.1) is 0 Å². The van der Waals surface area contributed by atoms with Crippen LogP contribution < -0.4 is 0 Å². The minimum atomic E-state index is -1.19. The zero-order chi connectivity index (χ0) is 18.2. The van der Waals surface area contributed by atoms with Crippen LogP contribution in [-0.4, -0.2) is 41.9 Å². The molecule has 136 valence electrons. The Labute approximate surface area is 147 Å². The number of hydrogen-bond acceptors (Lipinski definition) is 5. The van der Waals surface area contributed by atoms with Crippen molar-refractivity contribution in [1.29, 1.82) is 0 Å². The average Bonchev–Trinajstić information content (AvgIpc) is 2.50. The lowest BCUT2D eigenvalue weighted by atomic mass is 9.68. The minimum Gasteiger partial charge on any atom is -0.480 e. The van der Waals surface area contributed by atoms with Crippen molar-refractivity contribution in [3.8, 4) is 0 Å². The first-order valence-corrected chi connectivity index (χ1v) is 8.50. The number of likely N-dealkylation sites (tertiary alicyclic amines) is 1. The van der Waals surface area contributed by atoms with Gasteiger partial charge in [-0.2, -0.15) is 0 Å². The normalized spacial score (nSPS) is 23.1. The minimum absolute atomic E-state index is 0.198. The second-order valence-corrected chi connectivity index (χ2v) is 7.46. The lowest BCUT2D eigenvalue weighted by molar-refractivity contribution is -0.225. The quantitative estimate of drug-likeness (QED) is 0.850. The number of aliphatic hydroxyl groups excluding tert-OH is 1. The van der Waals surface area contributed by atoms with Crippen molar-refractivity contribution in [3.05, 3.63) is 47.2 Å². The van der Waals surface area contributed by atoms with Gasteiger partial charge < -0.3 is 19.5 Å². The van der Waals surface area contributed by atoms with Gasteiger partial charge in [0, 0.05) is 19.3 Å². The van der Waals surface area contributed by atoms with Crippen LogP contribution in [0.2, 0.25) is 0 Å². The summed E-state index contributed by atoms with van der Waals surface area (Å²) in [4.78, 5) is 14.8. The van der Waals surface area contributed by atoms with Crippen molar-refractivity contribution in [2.75, 3.05) is 20.1 Å². The highest BCUT2D eigenvalue weighted by Crippen LogP contribution is 2.45. The van der Waals surface area contributed by atoms with E-state index in [9.17, 15) is 14.3 Å². The van der Waals surface area contributed by atoms with Gasteiger partial charge in [-0.15, -0.1) is 0 Å². The predicted molar refractivity (Wildman–Crippen MR) is 90.2 cm³/mol. The Morgan fingerprint density at radius 3 is 2.32 bits per heavy atom. The predicted octanol–water partition coefficient (Wildman–Crippen LogP) is 3.16. The van der Waals surface area contributed by atoms with E-state index in [1.54, 1.807) is 26.0 Å². The van der Waals surface area contributed by atoms with E-state index < -0.39 is 17.2 Å². The summed E-state index contributed by atoms with van der Waals surface area (Å²) in [6, 6.07) is 6.24. The molecule has 6 heteroatoms. The van der Waals surface area contributed by atoms with E-state index in [4.69, 9.17) is 9.47 Å². The van der Waals surface area contributed by atoms with Gasteiger partial charge in [-0.3, -0.25) is 0 Å². The average molecular weight is 349 g/mol. The summed E-state index contributed by atoms with van der Waals surface area (Å²) in [7, 11) is 2.02. The molecule has 0 saturated carbocycles. The molecule has 3 rings (SSSR count). The van der Waals surface area contributed by atoms with Crippen molar-refractivity contribution in [1.82, 2.24) is 4.90 Å². The second kappa shape index (κ2) is 6.33. The fourth-order valence-corrected chi connectivity index (χ4v) is 3.66. The van der Waals surface area contributed by atoms with Crippen LogP contribution in [0, 0.1) is 11.2 Å². The molecule has 0 aliphatic carbocycles. The van der Waals surface area contributed by atoms with E-state index in [2.05, 4.69) is 4.90 Å². The molecule has 0 unspecified atom stereocenters. The highest BCUT2D eigenvalue weighted by Gasteiger charge is 2.48. The summed E-state index contributed by atoms with van der Waals surface area (Å²) in [5, 5.41) is 10.5. The molecule has 5 nitrogen and oxygen atoms in total. The largest absolute Gasteiger partial charge is 0.480 e. The third kappa shape index (κ3) is 3.63. The van der Waals surface area contributed by atoms with Gasteiger partial charge in [-0.1, -0.05) is 12.1 Å². The van der Waals surface area contributed by atoms with E-state index in [-0.39, 0.29) is 17.3 Å². The second-order valence-electron chi connectivity index (χ2n) is 7.46. The molecule has 2 heterocycles. The Kier molecular flexibility index (Phi) is 4.49. The van der Waals surface area contributed by atoms with E-state index >= 15 is 0 Å². The Hall–Kier alpha value is -2.08. The van der Waals surface area contributed by atoms with Crippen molar-refractivity contribution in [2.45, 2.75) is 38.9 Å². The van der Waals surface area contributed by atoms with Gasteiger partial charge in [-0.25, -0.2) is 9.18 Å². The van der Waals surface area contributed by atoms with Crippen molar-refractivity contribution in [3.63, 3.8) is 0 Å². The first kappa shape index (κ1) is 17.7. The van der Waals surface area contributed by atoms with Gasteiger partial charge in [0.1, 0.15) is 11.4 Å². The number of hydrogen-bond donors (Lipinski definition) is 1. The van der Waals surface area contributed by atoms with Crippen LogP contribution in [0.25, 0.3) is 0 Å². The van der Waals surface area contributed by atoms with Crippen molar-refractivity contribution < 1.29 is 23.8 Å². The first-order chi connectivity index (χ1) is 11.7. The van der Waals surface area contributed by atoms with Crippen LogP contribution >= 0.6 is 0 Å². The molecule has 2 aliphatic heterocycles. The lowest BCUT2D eigenvalue weighted by Crippen LogP contribution is -2.47. The maximum absolute atomic E-state index is 13.2. The van der Waals surface area contributed by atoms with Crippen LogP contribution in [0.1, 0.15) is 32.3 Å². The van der Waals surface area contributed by atoms with Gasteiger partial charge in [-0.05, 0) is 57.1 Å². The van der Waals surface area contributed by atoms with E-state index in [0.29, 0.717) is 19.3 Å². The highest BCUT2D eigenvalue weighted by molar-refractivity contribution is 5.91. The van der Waals surface area contributed by atoms with Crippen molar-refractivity contribution in [2.24, 2.45) is 5.41 Å². The lowest BCUT2D eigenvalue weighted by Gasteiger charge is -2.44. The number of rotatable bonds is 3. The molecule has 0 atom stereocenters. The van der Waals surface area contributed by atoms with Crippen LogP contribution in [0.3, 0.4) is 0 Å². The van der Waals surface area contributed by atoms with Crippen LogP contribution in [0.15, 0.2) is 35.8 Å². The number of halogens is 1. The number of carbonyl (C=O) groups excluding carboxylic acids is 1. The van der Waals surface area contributed by atoms with Crippen LogP contribution in [0.4, 0.5) is 4.39 Å². The van der Waals surface area contributed by atoms with E-state index in [1.807, 2.05) is 7.05 Å². The molecule has 0 aromatic heterocycles. The zero-order valence-corrected chi connectivity index (χ0v) is 14.8. The smallest absolute Gasteiger partial charge is 0.345 e. The molecule has 0 amide bonds. The van der Waals surface area contributed by atoms with Gasteiger partial charge >= 0.3 is 5.97 Å². The van der Waals surface area contributed by atoms with E-state index in [1.165, 1.54) is 12.1 Å². The number of esters is 1. The highest BCUT2D eigenvalue weighted by atomic mass is 19.1. The molecule has 1 N–H and O–H groups in total. The summed E-state index contributed by atoms with van der Waals surface area (Å²) < 4.78 is 24.0. The van der Waals surface area contributed by atoms with E-state index in [0.717, 1.165) is 18.7 Å². The summed E-state index contributed by atoms with van der Waals surface area (Å²) >= 11 is 0. The SMILES string of the molecule is CN1CCC(Cc2ccc(F)cc2)(C2=C(O)OC(C)(C)OC2=O)CC1. The molecular formula is C19H24FNO4. The molecule has 0 bridgehead atoms. The van der Waals surface area contributed by atoms with Gasteiger partial charge in [0.15, 0.2) is 0 Å². The first-order valence-electron chi connectivity index (χ1n) is 8.50. The third-order valence-corrected chi connectivity index (χ3v) is 5.03. The van der Waals surface area contributed by atoms with Crippen molar-refractivity contribution >= 4 is 5.97 Å². The fraction of sp³-hybridized carbons (Fsp3) is 0.526. The molecular weight excluding hydrogens is 325 g/mol. The molecule has 25 heavy (non-hydrogen) atoms. The zero-order valence-electron chi connectivity index (χ0n) is 14.8. The number of benzene rings is 1. The molecule has 0 spiro atoms. The maximum Gasteiger partial charge on any atom is 0.345 e. The Morgan fingerprint density at radius 2 is 1.76 bits per heavy atom. The molecule has 1 fully saturated rings. The fourth-order valence-electron chi connectivity index (χ4n) is 3.66. The summed E-state index contributed by atoms with van der Waals surface area (Å²) in [6.45, 7) is 4.74. The molecule has 0 radical (unpaired) electrons. The summed E-state index contributed by atoms with van der Waals surface area (Å²) in [5.41, 5.74) is 0.510. The molecule has 1 aromatic carbocycles. The number of ether oxygens (including phenoxy) is 2. The molecule has 2 aliphatic rings. The van der Waals surface area contributed by atoms with Gasteiger partial charge in [0.2, 0.25) is 0 Å². The van der Waals surface area contributed by atoms with Crippen LogP contribution in [-0.2, 0) is 20.7 Å². The molecule has 1 saturated heterocycles. The summed E-state index contributed by atoms with van der Waals surface area (Å²) in [5.74, 6) is -2.38. The Morgan fingerprint density at radius 1 is 1.16 bits per heavy atom. The number of carbonyl (C=O) groups is 1. The Bertz CT molecular complexity index is 688. The number of nitrogens with zero attached hydrogens (tertiary/aromatic N) is 1. The van der Waals surface area contributed by atoms with Crippen LogP contribution in [0.5, 0.6) is 0 Å². The summed E-state index contributed by atoms with van der Waals surface area (Å²) in [6.07, 6.45) is 1.87. The molecule has 1 aromatic rings. The third-order valence-electron chi connectivity index (χ3n) is 5.03. The standard InChI is InChI=1S/C19H24FNO4/c1-18(2)24-16(22)15(17(23)25-18)19(8-10-21(3)11-9-19)12-13-4-6-14(20)7-5-13/h4-7,22H,8-12H2,1-3H3. The maximum atomic E-state index is 13.2. The monoisotopic (exact) mass is 349 g/mol. The number of aliphatic hydroxyl groups is 1. The number of cyclic esters (lactones) is 1. The Balaban J connectivity index is 2.00. The number of piperidine rings is 1. The topological polar surface area (TPSA) is 59.0 Å². The van der Waals surface area contributed by atoms with Gasteiger partial charge in [0.25, 0.3) is 11.7 Å².